The van der Waals surface area contributed by atoms with Crippen molar-refractivity contribution in [2.45, 2.75) is 63.5 Å². The third-order valence-electron chi connectivity index (χ3n) is 6.17. The first-order valence-corrected chi connectivity index (χ1v) is 9.54. The van der Waals surface area contributed by atoms with Gasteiger partial charge in [-0.2, -0.15) is 0 Å². The fraction of sp³-hybridized carbons (Fsp3) is 0.889. The van der Waals surface area contributed by atoms with Crippen molar-refractivity contribution in [1.82, 2.24) is 15.1 Å². The van der Waals surface area contributed by atoms with E-state index in [0.717, 1.165) is 38.5 Å². The van der Waals surface area contributed by atoms with Crippen LogP contribution < -0.4 is 5.32 Å². The molecule has 2 atom stereocenters. The average molecular weight is 319 g/mol. The molecule has 1 N–H and O–H groups in total. The van der Waals surface area contributed by atoms with Gasteiger partial charge in [0.25, 0.3) is 0 Å². The number of amides is 2. The lowest BCUT2D eigenvalue weighted by molar-refractivity contribution is -0.153. The summed E-state index contributed by atoms with van der Waals surface area (Å²) in [6.07, 6.45) is 9.84. The molecule has 4 rings (SSSR count). The molecule has 23 heavy (non-hydrogen) atoms. The second-order valence-corrected chi connectivity index (χ2v) is 8.05. The fourth-order valence-corrected chi connectivity index (χ4v) is 4.60. The summed E-state index contributed by atoms with van der Waals surface area (Å²) in [5.74, 6) is 1.70. The number of rotatable bonds is 4. The SMILES string of the molecule is O=C1N[C@@H](CC2CCCCC2)C(=O)N2CCN(CC3CC3)C[C@H]12. The summed E-state index contributed by atoms with van der Waals surface area (Å²) in [5.41, 5.74) is 0. The molecule has 4 fully saturated rings. The summed E-state index contributed by atoms with van der Waals surface area (Å²) >= 11 is 0. The first-order chi connectivity index (χ1) is 11.2. The maximum Gasteiger partial charge on any atom is 0.245 e. The molecule has 2 saturated heterocycles. The second kappa shape index (κ2) is 6.42. The summed E-state index contributed by atoms with van der Waals surface area (Å²) in [6.45, 7) is 3.49. The van der Waals surface area contributed by atoms with Crippen molar-refractivity contribution in [3.8, 4) is 0 Å². The summed E-state index contributed by atoms with van der Waals surface area (Å²) < 4.78 is 0. The highest BCUT2D eigenvalue weighted by Gasteiger charge is 2.44. The van der Waals surface area contributed by atoms with Gasteiger partial charge >= 0.3 is 0 Å². The highest BCUT2D eigenvalue weighted by atomic mass is 16.2. The first-order valence-electron chi connectivity index (χ1n) is 9.54. The van der Waals surface area contributed by atoms with Crippen LogP contribution in [0, 0.1) is 11.8 Å². The molecule has 128 valence electrons. The summed E-state index contributed by atoms with van der Waals surface area (Å²) in [4.78, 5) is 29.6. The van der Waals surface area contributed by atoms with Gasteiger partial charge in [-0.3, -0.25) is 14.5 Å². The van der Waals surface area contributed by atoms with Crippen LogP contribution in [0.25, 0.3) is 0 Å². The van der Waals surface area contributed by atoms with Gasteiger partial charge in [0.05, 0.1) is 0 Å². The number of hydrogen-bond donors (Lipinski definition) is 1. The Labute approximate surface area is 138 Å². The zero-order valence-electron chi connectivity index (χ0n) is 14.0. The fourth-order valence-electron chi connectivity index (χ4n) is 4.60. The molecule has 0 spiro atoms. The van der Waals surface area contributed by atoms with E-state index in [0.29, 0.717) is 5.92 Å². The Kier molecular flexibility index (Phi) is 4.31. The summed E-state index contributed by atoms with van der Waals surface area (Å²) in [6, 6.07) is -0.519. The lowest BCUT2D eigenvalue weighted by Gasteiger charge is -2.46. The molecule has 2 aliphatic heterocycles. The van der Waals surface area contributed by atoms with Crippen molar-refractivity contribution in [2.24, 2.45) is 11.8 Å². The molecule has 0 unspecified atom stereocenters. The molecule has 0 aromatic rings. The van der Waals surface area contributed by atoms with Crippen molar-refractivity contribution in [1.29, 1.82) is 0 Å². The summed E-state index contributed by atoms with van der Waals surface area (Å²) in [7, 11) is 0. The molecule has 2 heterocycles. The van der Waals surface area contributed by atoms with Crippen molar-refractivity contribution in [3.05, 3.63) is 0 Å². The monoisotopic (exact) mass is 319 g/mol. The van der Waals surface area contributed by atoms with Crippen molar-refractivity contribution in [2.75, 3.05) is 26.2 Å². The van der Waals surface area contributed by atoms with Crippen LogP contribution in [-0.2, 0) is 9.59 Å². The third kappa shape index (κ3) is 3.39. The van der Waals surface area contributed by atoms with E-state index in [9.17, 15) is 9.59 Å². The largest absolute Gasteiger partial charge is 0.342 e. The molecule has 0 aromatic heterocycles. The van der Waals surface area contributed by atoms with Crippen LogP contribution >= 0.6 is 0 Å². The normalized spacial score (nSPS) is 33.5. The van der Waals surface area contributed by atoms with Gasteiger partial charge in [0.1, 0.15) is 12.1 Å². The Bertz CT molecular complexity index is 471. The second-order valence-electron chi connectivity index (χ2n) is 8.05. The van der Waals surface area contributed by atoms with Gasteiger partial charge in [-0.05, 0) is 31.1 Å². The van der Waals surface area contributed by atoms with E-state index in [2.05, 4.69) is 10.2 Å². The maximum atomic E-state index is 12.8. The van der Waals surface area contributed by atoms with Crippen LogP contribution in [0.1, 0.15) is 51.4 Å². The molecule has 4 aliphatic rings. The topological polar surface area (TPSA) is 52.7 Å². The zero-order chi connectivity index (χ0) is 15.8. The Morgan fingerprint density at radius 3 is 2.48 bits per heavy atom. The number of piperazine rings is 2. The minimum atomic E-state index is -0.267. The van der Waals surface area contributed by atoms with E-state index in [-0.39, 0.29) is 23.9 Å². The zero-order valence-corrected chi connectivity index (χ0v) is 14.0. The van der Waals surface area contributed by atoms with Gasteiger partial charge in [0.2, 0.25) is 11.8 Å². The first kappa shape index (κ1) is 15.4. The average Bonchev–Trinajstić information content (AvgIpc) is 3.37. The molecule has 5 nitrogen and oxygen atoms in total. The number of fused-ring (bicyclic) bond motifs is 1. The van der Waals surface area contributed by atoms with E-state index < -0.39 is 0 Å². The minimum Gasteiger partial charge on any atom is -0.342 e. The van der Waals surface area contributed by atoms with Crippen molar-refractivity contribution >= 4 is 11.8 Å². The molecule has 2 saturated carbocycles. The van der Waals surface area contributed by atoms with Gasteiger partial charge in [0.15, 0.2) is 0 Å². The highest BCUT2D eigenvalue weighted by Crippen LogP contribution is 2.32. The highest BCUT2D eigenvalue weighted by molar-refractivity contribution is 5.97. The number of carbonyl (C=O) groups excluding carboxylic acids is 2. The van der Waals surface area contributed by atoms with E-state index >= 15 is 0 Å². The van der Waals surface area contributed by atoms with Gasteiger partial charge < -0.3 is 10.2 Å². The third-order valence-corrected chi connectivity index (χ3v) is 6.17. The number of carbonyl (C=O) groups is 2. The molecule has 5 heteroatoms. The van der Waals surface area contributed by atoms with Crippen LogP contribution in [0.2, 0.25) is 0 Å². The Balaban J connectivity index is 1.37. The Hall–Kier alpha value is -1.10. The quantitative estimate of drug-likeness (QED) is 0.852. The van der Waals surface area contributed by atoms with Gasteiger partial charge in [-0.1, -0.05) is 32.1 Å². The molecule has 0 aromatic carbocycles. The number of nitrogens with one attached hydrogen (secondary N) is 1. The Morgan fingerprint density at radius 1 is 0.957 bits per heavy atom. The van der Waals surface area contributed by atoms with Crippen LogP contribution in [-0.4, -0.2) is 59.9 Å². The predicted molar refractivity (Wildman–Crippen MR) is 87.8 cm³/mol. The lowest BCUT2D eigenvalue weighted by Crippen LogP contribution is -2.69. The number of nitrogens with zero attached hydrogens (tertiary/aromatic N) is 2. The smallest absolute Gasteiger partial charge is 0.245 e. The summed E-state index contributed by atoms with van der Waals surface area (Å²) in [5, 5.41) is 3.05. The van der Waals surface area contributed by atoms with Crippen LogP contribution in [0.5, 0.6) is 0 Å². The lowest BCUT2D eigenvalue weighted by atomic mass is 9.84. The predicted octanol–water partition coefficient (Wildman–Crippen LogP) is 1.38. The standard InChI is InChI=1S/C18H29N3O2/c22-17-16-12-20(11-14-6-7-14)8-9-21(16)18(23)15(19-17)10-13-4-2-1-3-5-13/h13-16H,1-12H2,(H,19,22)/t15-,16+/m0/s1. The maximum absolute atomic E-state index is 12.8. The molecule has 0 bridgehead atoms. The van der Waals surface area contributed by atoms with Crippen LogP contribution in [0.15, 0.2) is 0 Å². The van der Waals surface area contributed by atoms with Gasteiger partial charge in [-0.25, -0.2) is 0 Å². The molecular weight excluding hydrogens is 290 g/mol. The molecule has 2 amide bonds. The van der Waals surface area contributed by atoms with E-state index in [1.54, 1.807) is 0 Å². The minimum absolute atomic E-state index is 0.0749. The Morgan fingerprint density at radius 2 is 1.74 bits per heavy atom. The van der Waals surface area contributed by atoms with Crippen LogP contribution in [0.3, 0.4) is 0 Å². The van der Waals surface area contributed by atoms with Crippen molar-refractivity contribution < 1.29 is 9.59 Å². The van der Waals surface area contributed by atoms with Crippen LogP contribution in [0.4, 0.5) is 0 Å². The van der Waals surface area contributed by atoms with Gasteiger partial charge in [0, 0.05) is 26.2 Å². The number of hydrogen-bond acceptors (Lipinski definition) is 3. The molecule has 0 radical (unpaired) electrons. The van der Waals surface area contributed by atoms with Gasteiger partial charge in [-0.15, -0.1) is 0 Å². The van der Waals surface area contributed by atoms with Crippen molar-refractivity contribution in [3.63, 3.8) is 0 Å². The molecular formula is C18H29N3O2. The van der Waals surface area contributed by atoms with E-state index in [1.165, 1.54) is 44.9 Å². The van der Waals surface area contributed by atoms with E-state index in [4.69, 9.17) is 0 Å². The molecule has 2 aliphatic carbocycles. The van der Waals surface area contributed by atoms with E-state index in [1.807, 2.05) is 4.90 Å².